The number of carbonyl (C=O) groups is 2. The van der Waals surface area contributed by atoms with Crippen LogP contribution in [0.5, 0.6) is 0 Å². The van der Waals surface area contributed by atoms with E-state index in [4.69, 9.17) is 21.3 Å². The molecule has 150 valence electrons. The molecule has 0 aromatic heterocycles. The Kier molecular flexibility index (Phi) is 6.09. The average Bonchev–Trinajstić information content (AvgIpc) is 2.60. The van der Waals surface area contributed by atoms with Crippen LogP contribution < -0.4 is 0 Å². The summed E-state index contributed by atoms with van der Waals surface area (Å²) in [4.78, 5) is 30.9. The number of ether oxygens (including phenoxy) is 1. The monoisotopic (exact) mass is 401 g/mol. The lowest BCUT2D eigenvalue weighted by Crippen LogP contribution is -2.39. The first-order valence-corrected chi connectivity index (χ1v) is 10.4. The molecular weight excluding hydrogens is 374 g/mol. The maximum atomic E-state index is 13.2. The van der Waals surface area contributed by atoms with E-state index in [2.05, 4.69) is 13.8 Å². The Hall–Kier alpha value is -1.94. The summed E-state index contributed by atoms with van der Waals surface area (Å²) in [6, 6.07) is 7.44. The summed E-state index contributed by atoms with van der Waals surface area (Å²) >= 11 is 6.51. The Morgan fingerprint density at radius 3 is 2.68 bits per heavy atom. The van der Waals surface area contributed by atoms with Crippen molar-refractivity contribution in [2.45, 2.75) is 59.3 Å². The van der Waals surface area contributed by atoms with Crippen molar-refractivity contribution in [3.63, 3.8) is 0 Å². The largest absolute Gasteiger partial charge is 0.465 e. The number of esters is 1. The Labute approximate surface area is 172 Å². The summed E-state index contributed by atoms with van der Waals surface area (Å²) in [7, 11) is 0. The molecule has 1 aliphatic carbocycles. The van der Waals surface area contributed by atoms with Crippen LogP contribution in [0.3, 0.4) is 0 Å². The fourth-order valence-electron chi connectivity index (χ4n) is 4.22. The van der Waals surface area contributed by atoms with Gasteiger partial charge in [-0.25, -0.2) is 0 Å². The van der Waals surface area contributed by atoms with Gasteiger partial charge in [0, 0.05) is 34.3 Å². The predicted octanol–water partition coefficient (Wildman–Crippen LogP) is 5.50. The van der Waals surface area contributed by atoms with Crippen LogP contribution in [0.25, 0.3) is 0 Å². The molecule has 5 heteroatoms. The molecule has 4 nitrogen and oxygen atoms in total. The molecule has 0 spiro atoms. The van der Waals surface area contributed by atoms with Crippen LogP contribution in [0, 0.1) is 11.3 Å². The number of hydrogen-bond donors (Lipinski definition) is 0. The van der Waals surface area contributed by atoms with E-state index in [-0.39, 0.29) is 17.2 Å². The maximum Gasteiger partial charge on any atom is 0.315 e. The predicted molar refractivity (Wildman–Crippen MR) is 112 cm³/mol. The van der Waals surface area contributed by atoms with Gasteiger partial charge in [0.05, 0.1) is 6.61 Å². The third-order valence-electron chi connectivity index (χ3n) is 5.54. The van der Waals surface area contributed by atoms with E-state index in [0.717, 1.165) is 24.1 Å². The van der Waals surface area contributed by atoms with Gasteiger partial charge in [0.2, 0.25) is 0 Å². The Morgan fingerprint density at radius 2 is 2.00 bits per heavy atom. The SMILES string of the molecule is CCCCOC(=O)C1C(C)=NC2=C(C(=O)CC(C)(C)C2)[C@@H]1c1ccccc1Cl. The number of benzene rings is 1. The summed E-state index contributed by atoms with van der Waals surface area (Å²) in [6.07, 6.45) is 2.91. The van der Waals surface area contributed by atoms with Gasteiger partial charge in [0.15, 0.2) is 5.78 Å². The van der Waals surface area contributed by atoms with E-state index >= 15 is 0 Å². The van der Waals surface area contributed by atoms with Crippen LogP contribution in [-0.4, -0.2) is 24.1 Å². The molecule has 1 aromatic rings. The third-order valence-corrected chi connectivity index (χ3v) is 5.88. The van der Waals surface area contributed by atoms with E-state index in [1.54, 1.807) is 6.07 Å². The number of carbonyl (C=O) groups excluding carboxylic acids is 2. The van der Waals surface area contributed by atoms with E-state index < -0.39 is 11.8 Å². The molecule has 1 unspecified atom stereocenters. The molecule has 0 radical (unpaired) electrons. The lowest BCUT2D eigenvalue weighted by atomic mass is 9.67. The van der Waals surface area contributed by atoms with Gasteiger partial charge < -0.3 is 4.74 Å². The molecule has 0 bridgehead atoms. The number of rotatable bonds is 5. The van der Waals surface area contributed by atoms with Crippen molar-refractivity contribution >= 4 is 29.1 Å². The number of ketones is 1. The summed E-state index contributed by atoms with van der Waals surface area (Å²) in [6.45, 7) is 8.43. The van der Waals surface area contributed by atoms with Crippen molar-refractivity contribution < 1.29 is 14.3 Å². The standard InChI is InChI=1S/C23H28ClNO3/c1-5-6-11-28-22(27)19-14(2)25-17-12-23(3,4)13-18(26)21(17)20(19)15-9-7-8-10-16(15)24/h7-10,19-20H,5-6,11-13H2,1-4H3/t19?,20-/m1/s1. The highest BCUT2D eigenvalue weighted by atomic mass is 35.5. The lowest BCUT2D eigenvalue weighted by molar-refractivity contribution is -0.146. The van der Waals surface area contributed by atoms with E-state index in [0.29, 0.717) is 35.8 Å². The highest BCUT2D eigenvalue weighted by molar-refractivity contribution is 6.31. The van der Waals surface area contributed by atoms with Gasteiger partial charge in [-0.05, 0) is 36.8 Å². The van der Waals surface area contributed by atoms with Crippen LogP contribution >= 0.6 is 11.6 Å². The molecule has 28 heavy (non-hydrogen) atoms. The highest BCUT2D eigenvalue weighted by Crippen LogP contribution is 2.49. The lowest BCUT2D eigenvalue weighted by Gasteiger charge is -2.39. The molecule has 0 amide bonds. The van der Waals surface area contributed by atoms with Crippen LogP contribution in [-0.2, 0) is 14.3 Å². The fraction of sp³-hybridized carbons (Fsp3) is 0.522. The first-order chi connectivity index (χ1) is 13.2. The maximum absolute atomic E-state index is 13.2. The number of hydrogen-bond acceptors (Lipinski definition) is 4. The Morgan fingerprint density at radius 1 is 1.29 bits per heavy atom. The van der Waals surface area contributed by atoms with E-state index in [1.807, 2.05) is 32.0 Å². The van der Waals surface area contributed by atoms with Crippen molar-refractivity contribution in [2.75, 3.05) is 6.61 Å². The first kappa shape index (κ1) is 20.8. The number of halogens is 1. The molecule has 1 aliphatic heterocycles. The van der Waals surface area contributed by atoms with Crippen LogP contribution in [0.2, 0.25) is 5.02 Å². The summed E-state index contributed by atoms with van der Waals surface area (Å²) < 4.78 is 5.54. The topological polar surface area (TPSA) is 55.7 Å². The van der Waals surface area contributed by atoms with E-state index in [1.165, 1.54) is 0 Å². The van der Waals surface area contributed by atoms with Crippen molar-refractivity contribution in [3.8, 4) is 0 Å². The van der Waals surface area contributed by atoms with Gasteiger partial charge in [0.1, 0.15) is 5.92 Å². The number of allylic oxidation sites excluding steroid dienone is 2. The minimum absolute atomic E-state index is 0.0544. The second-order valence-electron chi connectivity index (χ2n) is 8.55. The smallest absolute Gasteiger partial charge is 0.315 e. The Balaban J connectivity index is 2.10. The van der Waals surface area contributed by atoms with Crippen molar-refractivity contribution in [1.29, 1.82) is 0 Å². The van der Waals surface area contributed by atoms with Gasteiger partial charge >= 0.3 is 5.97 Å². The minimum Gasteiger partial charge on any atom is -0.465 e. The molecule has 1 heterocycles. The molecule has 0 fully saturated rings. The molecule has 2 atom stereocenters. The van der Waals surface area contributed by atoms with Crippen LogP contribution in [0.15, 0.2) is 40.5 Å². The second kappa shape index (κ2) is 8.20. The Bertz CT molecular complexity index is 853. The molecular formula is C23H28ClNO3. The van der Waals surface area contributed by atoms with Crippen LogP contribution in [0.1, 0.15) is 64.9 Å². The zero-order valence-corrected chi connectivity index (χ0v) is 17.8. The van der Waals surface area contributed by atoms with Crippen molar-refractivity contribution in [3.05, 3.63) is 46.1 Å². The molecule has 0 N–H and O–H groups in total. The third kappa shape index (κ3) is 4.07. The molecule has 0 saturated carbocycles. The number of unbranched alkanes of at least 4 members (excludes halogenated alkanes) is 1. The first-order valence-electron chi connectivity index (χ1n) is 9.97. The van der Waals surface area contributed by atoms with Gasteiger partial charge in [-0.1, -0.05) is 57.0 Å². The van der Waals surface area contributed by atoms with Gasteiger partial charge in [0.25, 0.3) is 0 Å². The zero-order valence-electron chi connectivity index (χ0n) is 17.0. The van der Waals surface area contributed by atoms with Gasteiger partial charge in [-0.3, -0.25) is 14.6 Å². The molecule has 2 aliphatic rings. The van der Waals surface area contributed by atoms with Crippen molar-refractivity contribution in [2.24, 2.45) is 16.3 Å². The van der Waals surface area contributed by atoms with Gasteiger partial charge in [-0.15, -0.1) is 0 Å². The second-order valence-corrected chi connectivity index (χ2v) is 8.96. The highest BCUT2D eigenvalue weighted by Gasteiger charge is 2.46. The molecule has 3 rings (SSSR count). The summed E-state index contributed by atoms with van der Waals surface area (Å²) in [5.74, 6) is -1.35. The van der Waals surface area contributed by atoms with Crippen molar-refractivity contribution in [1.82, 2.24) is 0 Å². The quantitative estimate of drug-likeness (QED) is 0.483. The fourth-order valence-corrected chi connectivity index (χ4v) is 4.47. The average molecular weight is 402 g/mol. The normalized spacial score (nSPS) is 23.9. The number of aliphatic imine (C=N–C) groups is 1. The van der Waals surface area contributed by atoms with E-state index in [9.17, 15) is 9.59 Å². The number of Topliss-reactive ketones (excluding diaryl/α,β-unsaturated/α-hetero) is 1. The molecule has 1 aromatic carbocycles. The summed E-state index contributed by atoms with van der Waals surface area (Å²) in [5.41, 5.74) is 2.77. The summed E-state index contributed by atoms with van der Waals surface area (Å²) in [5, 5.41) is 0.554. The number of nitrogens with zero attached hydrogens (tertiary/aromatic N) is 1. The molecule has 0 saturated heterocycles. The zero-order chi connectivity index (χ0) is 20.5. The minimum atomic E-state index is -0.624. The van der Waals surface area contributed by atoms with Gasteiger partial charge in [-0.2, -0.15) is 0 Å². The van der Waals surface area contributed by atoms with Crippen LogP contribution in [0.4, 0.5) is 0 Å².